The second-order valence-corrected chi connectivity index (χ2v) is 7.97. The molecule has 0 aliphatic carbocycles. The molecular weight excluding hydrogens is 471 g/mol. The molecule has 11 heteroatoms. The van der Waals surface area contributed by atoms with Crippen LogP contribution in [-0.4, -0.2) is 31.1 Å². The van der Waals surface area contributed by atoms with Crippen molar-refractivity contribution >= 4 is 22.5 Å². The molecule has 0 saturated carbocycles. The highest BCUT2D eigenvalue weighted by Gasteiger charge is 2.33. The first-order valence-electron chi connectivity index (χ1n) is 10.6. The van der Waals surface area contributed by atoms with Crippen molar-refractivity contribution in [1.82, 2.24) is 25.2 Å². The number of rotatable bonds is 4. The zero-order valence-corrected chi connectivity index (χ0v) is 18.6. The zero-order chi connectivity index (χ0) is 25.4. The Labute approximate surface area is 202 Å². The fourth-order valence-corrected chi connectivity index (χ4v) is 4.07. The number of fused-ring (bicyclic) bond motifs is 1. The number of anilines is 1. The average Bonchev–Trinajstić information content (AvgIpc) is 3.52. The van der Waals surface area contributed by atoms with E-state index in [1.807, 2.05) is 6.07 Å². The van der Waals surface area contributed by atoms with Crippen LogP contribution in [0.3, 0.4) is 0 Å². The molecule has 2 heterocycles. The molecule has 3 aromatic carbocycles. The second kappa shape index (κ2) is 8.66. The largest absolute Gasteiger partial charge is 0.417 e. The lowest BCUT2D eigenvalue weighted by Gasteiger charge is -2.13. The number of carbonyl (C=O) groups excluding carboxylic acids is 1. The van der Waals surface area contributed by atoms with Crippen LogP contribution in [0, 0.1) is 11.3 Å². The van der Waals surface area contributed by atoms with E-state index in [2.05, 4.69) is 25.9 Å². The van der Waals surface area contributed by atoms with E-state index in [-0.39, 0.29) is 17.1 Å². The monoisotopic (exact) mass is 487 g/mol. The molecular formula is C25H16F3N7O. The highest BCUT2D eigenvalue weighted by atomic mass is 19.4. The fraction of sp³-hybridized carbons (Fsp3) is 0.0800. The highest BCUT2D eigenvalue weighted by Crippen LogP contribution is 2.38. The van der Waals surface area contributed by atoms with Gasteiger partial charge in [0.05, 0.1) is 22.9 Å². The number of tetrazole rings is 1. The van der Waals surface area contributed by atoms with Crippen LogP contribution in [-0.2, 0) is 13.2 Å². The molecule has 5 aromatic rings. The lowest BCUT2D eigenvalue weighted by Crippen LogP contribution is -2.16. The maximum absolute atomic E-state index is 13.5. The standard InChI is InChI=1S/C25H16F3N7O/c1-35-21-11-15(17-4-2-3-5-19(17)25(26,27)28)7-8-16(21)12-22(35)24(36)30-20-9-6-14(13-29)10-18(20)23-31-33-34-32-23/h2-12H,1H3,(H,30,36)(H,31,32,33,34). The number of nitriles is 1. The van der Waals surface area contributed by atoms with Crippen molar-refractivity contribution in [3.8, 4) is 28.6 Å². The van der Waals surface area contributed by atoms with Crippen LogP contribution < -0.4 is 5.32 Å². The van der Waals surface area contributed by atoms with Gasteiger partial charge in [0.25, 0.3) is 5.91 Å². The number of hydrogen-bond acceptors (Lipinski definition) is 5. The summed E-state index contributed by atoms with van der Waals surface area (Å²) >= 11 is 0. The number of alkyl halides is 3. The molecule has 0 radical (unpaired) electrons. The third kappa shape index (κ3) is 4.05. The Morgan fingerprint density at radius 3 is 2.58 bits per heavy atom. The number of aromatic amines is 1. The van der Waals surface area contributed by atoms with Gasteiger partial charge in [0.15, 0.2) is 0 Å². The molecule has 1 amide bonds. The molecule has 36 heavy (non-hydrogen) atoms. The van der Waals surface area contributed by atoms with Crippen LogP contribution >= 0.6 is 0 Å². The first kappa shape index (κ1) is 22.8. The first-order chi connectivity index (χ1) is 17.3. The van der Waals surface area contributed by atoms with Crippen LogP contribution in [0.1, 0.15) is 21.6 Å². The average molecular weight is 487 g/mol. The van der Waals surface area contributed by atoms with Crippen LogP contribution in [0.25, 0.3) is 33.4 Å². The number of hydrogen-bond donors (Lipinski definition) is 2. The molecule has 0 saturated heterocycles. The van der Waals surface area contributed by atoms with E-state index in [1.54, 1.807) is 54.1 Å². The van der Waals surface area contributed by atoms with Crippen LogP contribution in [0.4, 0.5) is 18.9 Å². The topological polar surface area (TPSA) is 112 Å². The zero-order valence-electron chi connectivity index (χ0n) is 18.6. The van der Waals surface area contributed by atoms with Crippen molar-refractivity contribution in [2.24, 2.45) is 7.05 Å². The molecule has 0 spiro atoms. The summed E-state index contributed by atoms with van der Waals surface area (Å²) in [6.07, 6.45) is -4.50. The Kier molecular flexibility index (Phi) is 5.49. The van der Waals surface area contributed by atoms with Gasteiger partial charge in [0.1, 0.15) is 5.69 Å². The lowest BCUT2D eigenvalue weighted by atomic mass is 9.98. The van der Waals surface area contributed by atoms with Gasteiger partial charge in [-0.25, -0.2) is 0 Å². The van der Waals surface area contributed by atoms with E-state index in [0.29, 0.717) is 33.3 Å². The molecule has 5 rings (SSSR count). The number of aryl methyl sites for hydroxylation is 1. The van der Waals surface area contributed by atoms with Gasteiger partial charge in [-0.1, -0.05) is 30.3 Å². The maximum atomic E-state index is 13.5. The minimum atomic E-state index is -4.50. The van der Waals surface area contributed by atoms with Crippen LogP contribution in [0.5, 0.6) is 0 Å². The predicted molar refractivity (Wildman–Crippen MR) is 126 cm³/mol. The molecule has 2 aromatic heterocycles. The van der Waals surface area contributed by atoms with Crippen LogP contribution in [0.15, 0.2) is 66.7 Å². The summed E-state index contributed by atoms with van der Waals surface area (Å²) in [6, 6.07) is 18.6. The van der Waals surface area contributed by atoms with Crippen molar-refractivity contribution in [2.45, 2.75) is 6.18 Å². The van der Waals surface area contributed by atoms with E-state index < -0.39 is 17.6 Å². The van der Waals surface area contributed by atoms with Gasteiger partial charge in [-0.2, -0.15) is 23.6 Å². The van der Waals surface area contributed by atoms with Gasteiger partial charge >= 0.3 is 6.18 Å². The summed E-state index contributed by atoms with van der Waals surface area (Å²) in [7, 11) is 1.66. The molecule has 0 aliphatic rings. The number of amides is 1. The van der Waals surface area contributed by atoms with E-state index in [0.717, 1.165) is 6.07 Å². The van der Waals surface area contributed by atoms with Gasteiger partial charge in [0.2, 0.25) is 5.82 Å². The third-order valence-electron chi connectivity index (χ3n) is 5.80. The Hall–Kier alpha value is -4.98. The van der Waals surface area contributed by atoms with Gasteiger partial charge in [-0.15, -0.1) is 10.2 Å². The summed E-state index contributed by atoms with van der Waals surface area (Å²) in [4.78, 5) is 13.2. The Morgan fingerprint density at radius 1 is 1.06 bits per heavy atom. The SMILES string of the molecule is Cn1c(C(=O)Nc2ccc(C#N)cc2-c2nn[nH]n2)cc2ccc(-c3ccccc3C(F)(F)F)cc21. The third-order valence-corrected chi connectivity index (χ3v) is 5.80. The number of carbonyl (C=O) groups is 1. The van der Waals surface area contributed by atoms with Crippen molar-refractivity contribution in [3.05, 3.63) is 83.6 Å². The lowest BCUT2D eigenvalue weighted by molar-refractivity contribution is -0.137. The molecule has 0 aliphatic heterocycles. The Morgan fingerprint density at radius 2 is 1.86 bits per heavy atom. The molecule has 0 unspecified atom stereocenters. The smallest absolute Gasteiger partial charge is 0.340 e. The molecule has 0 fully saturated rings. The fourth-order valence-electron chi connectivity index (χ4n) is 4.07. The second-order valence-electron chi connectivity index (χ2n) is 7.97. The normalized spacial score (nSPS) is 11.4. The maximum Gasteiger partial charge on any atom is 0.417 e. The quantitative estimate of drug-likeness (QED) is 0.363. The van der Waals surface area contributed by atoms with Crippen molar-refractivity contribution in [1.29, 1.82) is 5.26 Å². The summed E-state index contributed by atoms with van der Waals surface area (Å²) in [5.41, 5.74) is 1.71. The number of nitrogens with one attached hydrogen (secondary N) is 2. The summed E-state index contributed by atoms with van der Waals surface area (Å²) in [6.45, 7) is 0. The van der Waals surface area contributed by atoms with Crippen molar-refractivity contribution < 1.29 is 18.0 Å². The minimum absolute atomic E-state index is 0.0569. The van der Waals surface area contributed by atoms with E-state index in [1.165, 1.54) is 18.2 Å². The number of benzene rings is 3. The van der Waals surface area contributed by atoms with E-state index >= 15 is 0 Å². The highest BCUT2D eigenvalue weighted by molar-refractivity contribution is 6.08. The van der Waals surface area contributed by atoms with E-state index in [4.69, 9.17) is 0 Å². The van der Waals surface area contributed by atoms with Gasteiger partial charge in [-0.05, 0) is 52.7 Å². The number of halogens is 3. The summed E-state index contributed by atoms with van der Waals surface area (Å²) < 4.78 is 42.2. The molecule has 178 valence electrons. The number of nitrogens with zero attached hydrogens (tertiary/aromatic N) is 5. The number of H-pyrrole nitrogens is 1. The predicted octanol–water partition coefficient (Wildman–Crippen LogP) is 5.17. The molecule has 8 nitrogen and oxygen atoms in total. The van der Waals surface area contributed by atoms with Gasteiger partial charge in [-0.3, -0.25) is 4.79 Å². The van der Waals surface area contributed by atoms with Crippen LogP contribution in [0.2, 0.25) is 0 Å². The molecule has 0 atom stereocenters. The van der Waals surface area contributed by atoms with Gasteiger partial charge < -0.3 is 9.88 Å². The van der Waals surface area contributed by atoms with Crippen molar-refractivity contribution in [2.75, 3.05) is 5.32 Å². The summed E-state index contributed by atoms with van der Waals surface area (Å²) in [5.74, 6) is -0.257. The summed E-state index contributed by atoms with van der Waals surface area (Å²) in [5, 5.41) is 26.4. The Bertz CT molecular complexity index is 1650. The van der Waals surface area contributed by atoms with E-state index in [9.17, 15) is 23.2 Å². The first-order valence-corrected chi connectivity index (χ1v) is 10.6. The van der Waals surface area contributed by atoms with Gasteiger partial charge in [0, 0.05) is 23.5 Å². The molecule has 2 N–H and O–H groups in total. The number of aromatic nitrogens is 5. The van der Waals surface area contributed by atoms with Crippen molar-refractivity contribution in [3.63, 3.8) is 0 Å². The molecule has 0 bridgehead atoms. The Balaban J connectivity index is 1.52. The minimum Gasteiger partial charge on any atom is -0.340 e.